The van der Waals surface area contributed by atoms with Crippen LogP contribution in [0.1, 0.15) is 18.1 Å². The molecule has 0 fully saturated rings. The van der Waals surface area contributed by atoms with Crippen molar-refractivity contribution in [3.05, 3.63) is 47.1 Å². The van der Waals surface area contributed by atoms with Crippen LogP contribution in [0.15, 0.2) is 41.0 Å². The molecule has 0 saturated carbocycles. The first kappa shape index (κ1) is 10.0. The fourth-order valence-corrected chi connectivity index (χ4v) is 1.35. The largest absolute Gasteiger partial charge is 0.241 e. The molecule has 2 heteroatoms. The van der Waals surface area contributed by atoms with Crippen LogP contribution in [0.2, 0.25) is 0 Å². The molecule has 0 unspecified atom stereocenters. The monoisotopic (exact) mass is 193 g/mol. The maximum absolute atomic E-state index is 5.59. The van der Waals surface area contributed by atoms with Gasteiger partial charge in [-0.2, -0.15) is 0 Å². The van der Waals surface area contributed by atoms with Gasteiger partial charge in [0, 0.05) is 5.71 Å². The van der Waals surface area contributed by atoms with Crippen LogP contribution in [-0.2, 0) is 0 Å². The van der Waals surface area contributed by atoms with E-state index in [-0.39, 0.29) is 0 Å². The molecule has 0 spiro atoms. The van der Waals surface area contributed by atoms with E-state index in [0.29, 0.717) is 5.16 Å². The van der Waals surface area contributed by atoms with Gasteiger partial charge in [-0.25, -0.2) is 4.99 Å². The first-order chi connectivity index (χ1) is 6.11. The average molecular weight is 194 g/mol. The number of hydrogen-bond acceptors (Lipinski definition) is 1. The number of aliphatic imine (C=N–C) groups is 1. The van der Waals surface area contributed by atoms with Crippen molar-refractivity contribution < 1.29 is 0 Å². The van der Waals surface area contributed by atoms with Gasteiger partial charge in [0.15, 0.2) is 0 Å². The highest BCUT2D eigenvalue weighted by atomic mass is 35.5. The number of hydrogen-bond donors (Lipinski definition) is 0. The minimum atomic E-state index is 0.320. The predicted octanol–water partition coefficient (Wildman–Crippen LogP) is 3.51. The molecule has 68 valence electrons. The van der Waals surface area contributed by atoms with Gasteiger partial charge in [-0.15, -0.1) is 0 Å². The van der Waals surface area contributed by atoms with Gasteiger partial charge in [0.2, 0.25) is 0 Å². The van der Waals surface area contributed by atoms with Crippen LogP contribution in [0.25, 0.3) is 0 Å². The maximum atomic E-state index is 5.59. The van der Waals surface area contributed by atoms with Gasteiger partial charge in [-0.05, 0) is 25.0 Å². The zero-order chi connectivity index (χ0) is 9.84. The second-order valence-corrected chi connectivity index (χ2v) is 3.32. The van der Waals surface area contributed by atoms with Crippen LogP contribution in [0.4, 0.5) is 0 Å². The minimum absolute atomic E-state index is 0.320. The molecule has 1 rings (SSSR count). The molecule has 0 atom stereocenters. The molecule has 1 aromatic carbocycles. The van der Waals surface area contributed by atoms with Gasteiger partial charge in [0.05, 0.1) is 0 Å². The lowest BCUT2D eigenvalue weighted by Gasteiger charge is -2.03. The normalized spacial score (nSPS) is 11.5. The van der Waals surface area contributed by atoms with Crippen molar-refractivity contribution >= 4 is 17.3 Å². The van der Waals surface area contributed by atoms with Crippen LogP contribution >= 0.6 is 11.6 Å². The molecule has 0 heterocycles. The van der Waals surface area contributed by atoms with E-state index in [9.17, 15) is 0 Å². The lowest BCUT2D eigenvalue weighted by Crippen LogP contribution is -1.97. The molecular weight excluding hydrogens is 182 g/mol. The van der Waals surface area contributed by atoms with E-state index >= 15 is 0 Å². The second-order valence-electron chi connectivity index (χ2n) is 2.89. The smallest absolute Gasteiger partial charge is 0.122 e. The Morgan fingerprint density at radius 3 is 2.54 bits per heavy atom. The Labute approximate surface area is 83.8 Å². The van der Waals surface area contributed by atoms with Gasteiger partial charge in [0.1, 0.15) is 5.16 Å². The van der Waals surface area contributed by atoms with E-state index in [4.69, 9.17) is 11.6 Å². The molecular formula is C11H12ClN. The fraction of sp³-hybridized carbons (Fsp3) is 0.182. The third-order valence-corrected chi connectivity index (χ3v) is 1.91. The lowest BCUT2D eigenvalue weighted by molar-refractivity contribution is 1.40. The molecule has 0 bridgehead atoms. The van der Waals surface area contributed by atoms with Crippen molar-refractivity contribution in [3.63, 3.8) is 0 Å². The summed E-state index contributed by atoms with van der Waals surface area (Å²) in [5.74, 6) is 0. The molecule has 0 amide bonds. The number of halogens is 1. The van der Waals surface area contributed by atoms with Crippen LogP contribution in [-0.4, -0.2) is 5.71 Å². The summed E-state index contributed by atoms with van der Waals surface area (Å²) in [6.07, 6.45) is 0. The maximum Gasteiger partial charge on any atom is 0.122 e. The van der Waals surface area contributed by atoms with Gasteiger partial charge < -0.3 is 0 Å². The summed E-state index contributed by atoms with van der Waals surface area (Å²) >= 11 is 5.59. The summed E-state index contributed by atoms with van der Waals surface area (Å²) in [5, 5.41) is 0.320. The van der Waals surface area contributed by atoms with E-state index in [1.165, 1.54) is 5.56 Å². The van der Waals surface area contributed by atoms with Crippen LogP contribution in [0, 0.1) is 6.92 Å². The Bertz CT molecular complexity index is 353. The van der Waals surface area contributed by atoms with Crippen LogP contribution in [0.5, 0.6) is 0 Å². The molecule has 0 aliphatic rings. The van der Waals surface area contributed by atoms with Crippen molar-refractivity contribution in [2.45, 2.75) is 13.8 Å². The van der Waals surface area contributed by atoms with Crippen molar-refractivity contribution in [1.29, 1.82) is 0 Å². The molecule has 0 aliphatic heterocycles. The van der Waals surface area contributed by atoms with Gasteiger partial charge >= 0.3 is 0 Å². The average Bonchev–Trinajstić information content (AvgIpc) is 2.03. The SMILES string of the molecule is C=C(Cl)N=C(C)c1ccccc1C. The van der Waals surface area contributed by atoms with Crippen molar-refractivity contribution in [3.8, 4) is 0 Å². The van der Waals surface area contributed by atoms with E-state index in [1.54, 1.807) is 0 Å². The van der Waals surface area contributed by atoms with Gasteiger partial charge in [-0.1, -0.05) is 42.4 Å². The number of benzene rings is 1. The molecule has 1 nitrogen and oxygen atoms in total. The number of rotatable bonds is 2. The molecule has 0 aliphatic carbocycles. The van der Waals surface area contributed by atoms with Crippen molar-refractivity contribution in [2.75, 3.05) is 0 Å². The summed E-state index contributed by atoms with van der Waals surface area (Å²) in [5.41, 5.74) is 3.21. The Morgan fingerprint density at radius 1 is 1.38 bits per heavy atom. The Kier molecular flexibility index (Phi) is 3.26. The standard InChI is InChI=1S/C11H12ClN/c1-8-6-4-5-7-11(8)9(2)13-10(3)12/h4-7H,3H2,1-2H3. The van der Waals surface area contributed by atoms with Gasteiger partial charge in [0.25, 0.3) is 0 Å². The fourth-order valence-electron chi connectivity index (χ4n) is 1.22. The van der Waals surface area contributed by atoms with E-state index in [0.717, 1.165) is 11.3 Å². The predicted molar refractivity (Wildman–Crippen MR) is 58.4 cm³/mol. The Morgan fingerprint density at radius 2 is 2.00 bits per heavy atom. The molecule has 1 aromatic rings. The highest BCUT2D eigenvalue weighted by Crippen LogP contribution is 2.10. The zero-order valence-electron chi connectivity index (χ0n) is 7.84. The van der Waals surface area contributed by atoms with Gasteiger partial charge in [-0.3, -0.25) is 0 Å². The molecule has 13 heavy (non-hydrogen) atoms. The molecule has 0 saturated heterocycles. The minimum Gasteiger partial charge on any atom is -0.241 e. The van der Waals surface area contributed by atoms with Crippen LogP contribution in [0.3, 0.4) is 0 Å². The summed E-state index contributed by atoms with van der Waals surface area (Å²) < 4.78 is 0. The summed E-state index contributed by atoms with van der Waals surface area (Å²) in [7, 11) is 0. The Balaban J connectivity index is 3.08. The summed E-state index contributed by atoms with van der Waals surface area (Å²) in [4.78, 5) is 4.10. The third kappa shape index (κ3) is 2.71. The van der Waals surface area contributed by atoms with E-state index in [2.05, 4.69) is 11.6 Å². The summed E-state index contributed by atoms with van der Waals surface area (Å²) in [6, 6.07) is 8.05. The van der Waals surface area contributed by atoms with Crippen LogP contribution < -0.4 is 0 Å². The first-order valence-corrected chi connectivity index (χ1v) is 4.45. The first-order valence-electron chi connectivity index (χ1n) is 4.07. The summed E-state index contributed by atoms with van der Waals surface area (Å²) in [6.45, 7) is 7.50. The molecule has 0 radical (unpaired) electrons. The lowest BCUT2D eigenvalue weighted by atomic mass is 10.1. The quantitative estimate of drug-likeness (QED) is 0.504. The topological polar surface area (TPSA) is 12.4 Å². The van der Waals surface area contributed by atoms with Crippen molar-refractivity contribution in [2.24, 2.45) is 4.99 Å². The van der Waals surface area contributed by atoms with E-state index < -0.39 is 0 Å². The second kappa shape index (κ2) is 4.24. The third-order valence-electron chi connectivity index (χ3n) is 1.82. The van der Waals surface area contributed by atoms with Crippen molar-refractivity contribution in [1.82, 2.24) is 0 Å². The molecule has 0 N–H and O–H groups in total. The van der Waals surface area contributed by atoms with E-state index in [1.807, 2.05) is 38.1 Å². The highest BCUT2D eigenvalue weighted by Gasteiger charge is 1.99. The zero-order valence-corrected chi connectivity index (χ0v) is 8.60. The number of nitrogens with zero attached hydrogens (tertiary/aromatic N) is 1. The number of aryl methyl sites for hydroxylation is 1. The highest BCUT2D eigenvalue weighted by molar-refractivity contribution is 6.30. The molecule has 0 aromatic heterocycles. The Hall–Kier alpha value is -1.08.